The van der Waals surface area contributed by atoms with Crippen molar-refractivity contribution >= 4 is 23.6 Å². The number of carboxylic acids is 1. The fourth-order valence-electron chi connectivity index (χ4n) is 2.76. The van der Waals surface area contributed by atoms with Crippen molar-refractivity contribution in [2.75, 3.05) is 44.2 Å². The Bertz CT molecular complexity index is 383. The van der Waals surface area contributed by atoms with Crippen molar-refractivity contribution in [3.8, 4) is 0 Å². The first kappa shape index (κ1) is 15.6. The first-order chi connectivity index (χ1) is 9.44. The van der Waals surface area contributed by atoms with Crippen LogP contribution in [0, 0.1) is 0 Å². The standard InChI is InChI=1S/C13H23N3O3S/c1-13(2,15-5-3-14-4-6-15)12(19)16-7-8-20-9-10(16)11(17)18/h10,14H,3-9H2,1-2H3,(H,17,18). The molecule has 2 fully saturated rings. The SMILES string of the molecule is CC(C)(C(=O)N1CCSCC1C(=O)O)N1CCNCC1. The van der Waals surface area contributed by atoms with Crippen molar-refractivity contribution in [1.82, 2.24) is 15.1 Å². The second-order valence-electron chi connectivity index (χ2n) is 5.72. The Hall–Kier alpha value is -0.790. The molecule has 20 heavy (non-hydrogen) atoms. The zero-order chi connectivity index (χ0) is 14.8. The third-order valence-electron chi connectivity index (χ3n) is 4.11. The molecular formula is C13H23N3O3S. The van der Waals surface area contributed by atoms with Gasteiger partial charge in [0.25, 0.3) is 0 Å². The monoisotopic (exact) mass is 301 g/mol. The van der Waals surface area contributed by atoms with E-state index in [1.54, 1.807) is 16.7 Å². The lowest BCUT2D eigenvalue weighted by Crippen LogP contribution is -2.64. The van der Waals surface area contributed by atoms with E-state index in [0.29, 0.717) is 12.3 Å². The smallest absolute Gasteiger partial charge is 0.327 e. The van der Waals surface area contributed by atoms with E-state index in [-0.39, 0.29) is 5.91 Å². The molecule has 1 atom stereocenters. The highest BCUT2D eigenvalue weighted by molar-refractivity contribution is 7.99. The van der Waals surface area contributed by atoms with Crippen molar-refractivity contribution in [1.29, 1.82) is 0 Å². The van der Waals surface area contributed by atoms with Gasteiger partial charge in [0.1, 0.15) is 6.04 Å². The quantitative estimate of drug-likeness (QED) is 0.746. The minimum atomic E-state index is -0.901. The average Bonchev–Trinajstić information content (AvgIpc) is 2.47. The summed E-state index contributed by atoms with van der Waals surface area (Å²) in [4.78, 5) is 27.9. The van der Waals surface area contributed by atoms with Crippen LogP contribution in [-0.4, -0.2) is 82.6 Å². The lowest BCUT2D eigenvalue weighted by molar-refractivity contribution is -0.155. The number of nitrogens with zero attached hydrogens (tertiary/aromatic N) is 2. The lowest BCUT2D eigenvalue weighted by Gasteiger charge is -2.44. The van der Waals surface area contributed by atoms with Gasteiger partial charge in [-0.15, -0.1) is 0 Å². The summed E-state index contributed by atoms with van der Waals surface area (Å²) in [5.41, 5.74) is -0.641. The van der Waals surface area contributed by atoms with E-state index >= 15 is 0 Å². The summed E-state index contributed by atoms with van der Waals surface area (Å²) in [6, 6.07) is -0.691. The van der Waals surface area contributed by atoms with Gasteiger partial charge >= 0.3 is 5.97 Å². The van der Waals surface area contributed by atoms with Gasteiger partial charge in [-0.05, 0) is 13.8 Å². The third kappa shape index (κ3) is 3.10. The van der Waals surface area contributed by atoms with Gasteiger partial charge < -0.3 is 15.3 Å². The Balaban J connectivity index is 2.12. The Morgan fingerprint density at radius 2 is 1.90 bits per heavy atom. The number of hydrogen-bond acceptors (Lipinski definition) is 5. The molecule has 0 radical (unpaired) electrons. The second-order valence-corrected chi connectivity index (χ2v) is 6.87. The van der Waals surface area contributed by atoms with Crippen LogP contribution in [-0.2, 0) is 9.59 Å². The molecule has 0 aromatic carbocycles. The molecule has 6 nitrogen and oxygen atoms in total. The highest BCUT2D eigenvalue weighted by atomic mass is 32.2. The second kappa shape index (κ2) is 6.32. The average molecular weight is 301 g/mol. The van der Waals surface area contributed by atoms with Crippen LogP contribution < -0.4 is 5.32 Å². The lowest BCUT2D eigenvalue weighted by atomic mass is 9.98. The summed E-state index contributed by atoms with van der Waals surface area (Å²) >= 11 is 1.60. The number of rotatable bonds is 3. The summed E-state index contributed by atoms with van der Waals surface area (Å²) in [7, 11) is 0. The molecule has 2 aliphatic rings. The number of carbonyl (C=O) groups excluding carboxylic acids is 1. The zero-order valence-electron chi connectivity index (χ0n) is 12.1. The molecule has 0 spiro atoms. The van der Waals surface area contributed by atoms with Gasteiger partial charge in [0.15, 0.2) is 0 Å². The molecular weight excluding hydrogens is 278 g/mol. The van der Waals surface area contributed by atoms with Crippen molar-refractivity contribution in [3.63, 3.8) is 0 Å². The maximum Gasteiger partial charge on any atom is 0.327 e. The molecule has 0 aromatic rings. The number of aliphatic carboxylic acids is 1. The number of carboxylic acid groups (broad SMARTS) is 1. The topological polar surface area (TPSA) is 72.9 Å². The van der Waals surface area contributed by atoms with Crippen LogP contribution in [0.3, 0.4) is 0 Å². The fraction of sp³-hybridized carbons (Fsp3) is 0.846. The van der Waals surface area contributed by atoms with Crippen LogP contribution in [0.15, 0.2) is 0 Å². The molecule has 2 aliphatic heterocycles. The highest BCUT2D eigenvalue weighted by Gasteiger charge is 2.42. The number of hydrogen-bond donors (Lipinski definition) is 2. The summed E-state index contributed by atoms with van der Waals surface area (Å²) in [6.07, 6.45) is 0. The van der Waals surface area contributed by atoms with E-state index in [1.807, 2.05) is 13.8 Å². The molecule has 2 N–H and O–H groups in total. The van der Waals surface area contributed by atoms with Gasteiger partial charge in [-0.1, -0.05) is 0 Å². The number of carbonyl (C=O) groups is 2. The molecule has 0 aromatic heterocycles. The number of thioether (sulfide) groups is 1. The van der Waals surface area contributed by atoms with Crippen LogP contribution in [0.4, 0.5) is 0 Å². The van der Waals surface area contributed by atoms with Crippen LogP contribution in [0.1, 0.15) is 13.8 Å². The summed E-state index contributed by atoms with van der Waals surface area (Å²) in [5, 5.41) is 12.6. The minimum Gasteiger partial charge on any atom is -0.480 e. The minimum absolute atomic E-state index is 0.0629. The van der Waals surface area contributed by atoms with Gasteiger partial charge in [-0.2, -0.15) is 11.8 Å². The first-order valence-corrected chi connectivity index (χ1v) is 8.17. The maximum atomic E-state index is 12.8. The largest absolute Gasteiger partial charge is 0.480 e. The van der Waals surface area contributed by atoms with Crippen LogP contribution >= 0.6 is 11.8 Å². The number of amides is 1. The first-order valence-electron chi connectivity index (χ1n) is 7.02. The Morgan fingerprint density at radius 1 is 1.25 bits per heavy atom. The normalized spacial score (nSPS) is 25.5. The summed E-state index contributed by atoms with van der Waals surface area (Å²) in [5.74, 6) is 0.333. The Kier molecular flexibility index (Phi) is 4.93. The van der Waals surface area contributed by atoms with Crippen molar-refractivity contribution in [2.24, 2.45) is 0 Å². The van der Waals surface area contributed by atoms with Crippen LogP contribution in [0.2, 0.25) is 0 Å². The van der Waals surface area contributed by atoms with E-state index in [4.69, 9.17) is 0 Å². The van der Waals surface area contributed by atoms with Gasteiger partial charge in [0, 0.05) is 44.2 Å². The molecule has 2 rings (SSSR count). The number of piperazine rings is 1. The van der Waals surface area contributed by atoms with Gasteiger partial charge in [-0.25, -0.2) is 4.79 Å². The van der Waals surface area contributed by atoms with E-state index < -0.39 is 17.6 Å². The molecule has 1 amide bonds. The van der Waals surface area contributed by atoms with E-state index in [1.165, 1.54) is 0 Å². The maximum absolute atomic E-state index is 12.8. The molecule has 2 saturated heterocycles. The summed E-state index contributed by atoms with van der Waals surface area (Å²) in [6.45, 7) is 7.71. The fourth-order valence-corrected chi connectivity index (χ4v) is 3.80. The predicted octanol–water partition coefficient (Wildman–Crippen LogP) is -0.301. The Morgan fingerprint density at radius 3 is 2.50 bits per heavy atom. The summed E-state index contributed by atoms with van der Waals surface area (Å²) < 4.78 is 0. The molecule has 0 aliphatic carbocycles. The van der Waals surface area contributed by atoms with Crippen LogP contribution in [0.25, 0.3) is 0 Å². The molecule has 0 saturated carbocycles. The van der Waals surface area contributed by atoms with Gasteiger partial charge in [0.05, 0.1) is 5.54 Å². The van der Waals surface area contributed by atoms with Crippen molar-refractivity contribution in [2.45, 2.75) is 25.4 Å². The third-order valence-corrected chi connectivity index (χ3v) is 5.13. The molecule has 2 heterocycles. The predicted molar refractivity (Wildman–Crippen MR) is 79.0 cm³/mol. The zero-order valence-corrected chi connectivity index (χ0v) is 12.9. The van der Waals surface area contributed by atoms with Gasteiger partial charge in [-0.3, -0.25) is 9.69 Å². The van der Waals surface area contributed by atoms with Crippen LogP contribution in [0.5, 0.6) is 0 Å². The van der Waals surface area contributed by atoms with Crippen molar-refractivity contribution < 1.29 is 14.7 Å². The number of nitrogens with one attached hydrogen (secondary N) is 1. The van der Waals surface area contributed by atoms with E-state index in [9.17, 15) is 14.7 Å². The van der Waals surface area contributed by atoms with Gasteiger partial charge in [0.2, 0.25) is 5.91 Å². The molecule has 1 unspecified atom stereocenters. The molecule has 7 heteroatoms. The molecule has 114 valence electrons. The Labute approximate surface area is 123 Å². The van der Waals surface area contributed by atoms with Crippen molar-refractivity contribution in [3.05, 3.63) is 0 Å². The highest BCUT2D eigenvalue weighted by Crippen LogP contribution is 2.24. The van der Waals surface area contributed by atoms with E-state index in [2.05, 4.69) is 10.2 Å². The molecule has 0 bridgehead atoms. The van der Waals surface area contributed by atoms with E-state index in [0.717, 1.165) is 31.9 Å².